The van der Waals surface area contributed by atoms with Crippen LogP contribution in [0.4, 0.5) is 0 Å². The molecular weight excluding hydrogens is 296 g/mol. The summed E-state index contributed by atoms with van der Waals surface area (Å²) in [7, 11) is 0. The maximum absolute atomic E-state index is 6.36. The summed E-state index contributed by atoms with van der Waals surface area (Å²) in [6, 6.07) is 21.3. The molecule has 2 nitrogen and oxygen atoms in total. The second kappa shape index (κ2) is 10.3. The Balaban J connectivity index is 2.17. The van der Waals surface area contributed by atoms with Crippen LogP contribution in [0.3, 0.4) is 0 Å². The van der Waals surface area contributed by atoms with E-state index in [0.717, 1.165) is 45.5 Å². The quantitative estimate of drug-likeness (QED) is 0.537. The van der Waals surface area contributed by atoms with E-state index in [2.05, 4.69) is 67.6 Å². The summed E-state index contributed by atoms with van der Waals surface area (Å²) in [5, 5.41) is 0. The Bertz CT molecular complexity index is 509. The van der Waals surface area contributed by atoms with Gasteiger partial charge in [0.1, 0.15) is 0 Å². The zero-order valence-electron chi connectivity index (χ0n) is 15.0. The average Bonchev–Trinajstić information content (AvgIpc) is 2.61. The minimum absolute atomic E-state index is 0.172. The first-order valence-corrected chi connectivity index (χ1v) is 9.07. The van der Waals surface area contributed by atoms with Crippen molar-refractivity contribution >= 4 is 0 Å². The normalized spacial score (nSPS) is 11.6. The summed E-state index contributed by atoms with van der Waals surface area (Å²) >= 11 is 0. The predicted octanol–water partition coefficient (Wildman–Crippen LogP) is 5.06. The van der Waals surface area contributed by atoms with Gasteiger partial charge in [0.2, 0.25) is 0 Å². The molecule has 2 rings (SSSR count). The number of hydrogen-bond acceptors (Lipinski definition) is 2. The molecule has 0 saturated carbocycles. The Labute approximate surface area is 146 Å². The zero-order valence-corrected chi connectivity index (χ0v) is 15.0. The van der Waals surface area contributed by atoms with Crippen LogP contribution in [0, 0.1) is 0 Å². The lowest BCUT2D eigenvalue weighted by Gasteiger charge is -2.34. The van der Waals surface area contributed by atoms with Crippen LogP contribution in [0.15, 0.2) is 60.7 Å². The lowest BCUT2D eigenvalue weighted by molar-refractivity contribution is -0.0501. The molecule has 2 heteroatoms. The molecule has 0 N–H and O–H groups in total. The van der Waals surface area contributed by atoms with Gasteiger partial charge < -0.3 is 9.47 Å². The third kappa shape index (κ3) is 6.10. The lowest BCUT2D eigenvalue weighted by atomic mass is 9.84. The first-order chi connectivity index (χ1) is 11.8. The highest BCUT2D eigenvalue weighted by molar-refractivity contribution is 5.21. The Kier molecular flexibility index (Phi) is 8.00. The summed E-state index contributed by atoms with van der Waals surface area (Å²) in [4.78, 5) is 0. The molecule has 130 valence electrons. The zero-order chi connectivity index (χ0) is 17.1. The summed E-state index contributed by atoms with van der Waals surface area (Å²) in [6.07, 6.45) is 3.89. The van der Waals surface area contributed by atoms with E-state index in [1.54, 1.807) is 0 Å². The van der Waals surface area contributed by atoms with Gasteiger partial charge in [0.05, 0.1) is 5.60 Å². The second-order valence-corrected chi connectivity index (χ2v) is 6.24. The molecule has 0 aliphatic carbocycles. The Morgan fingerprint density at radius 1 is 0.750 bits per heavy atom. The molecule has 0 saturated heterocycles. The molecule has 0 atom stereocenters. The van der Waals surface area contributed by atoms with Gasteiger partial charge >= 0.3 is 0 Å². The molecule has 0 bridgehead atoms. The van der Waals surface area contributed by atoms with Gasteiger partial charge in [-0.2, -0.15) is 0 Å². The van der Waals surface area contributed by atoms with E-state index in [-0.39, 0.29) is 5.60 Å². The highest BCUT2D eigenvalue weighted by atomic mass is 16.5. The molecule has 0 radical (unpaired) electrons. The van der Waals surface area contributed by atoms with Crippen molar-refractivity contribution in [2.75, 3.05) is 19.8 Å². The molecule has 0 aliphatic heterocycles. The van der Waals surface area contributed by atoms with E-state index >= 15 is 0 Å². The van der Waals surface area contributed by atoms with Crippen molar-refractivity contribution in [1.29, 1.82) is 0 Å². The van der Waals surface area contributed by atoms with Gasteiger partial charge in [0.15, 0.2) is 0 Å². The maximum Gasteiger partial charge on any atom is 0.0763 e. The summed E-state index contributed by atoms with van der Waals surface area (Å²) in [5.74, 6) is 0. The fourth-order valence-corrected chi connectivity index (χ4v) is 3.30. The van der Waals surface area contributed by atoms with Crippen LogP contribution in [0.2, 0.25) is 0 Å². The second-order valence-electron chi connectivity index (χ2n) is 6.24. The fraction of sp³-hybridized carbons (Fsp3) is 0.455. The van der Waals surface area contributed by atoms with E-state index in [1.807, 2.05) is 6.92 Å². The highest BCUT2D eigenvalue weighted by Gasteiger charge is 2.31. The number of hydrogen-bond donors (Lipinski definition) is 0. The molecule has 0 aromatic heterocycles. The lowest BCUT2D eigenvalue weighted by Crippen LogP contribution is -2.38. The summed E-state index contributed by atoms with van der Waals surface area (Å²) < 4.78 is 11.9. The monoisotopic (exact) mass is 326 g/mol. The van der Waals surface area contributed by atoms with Crippen molar-refractivity contribution in [3.05, 3.63) is 71.8 Å². The van der Waals surface area contributed by atoms with Crippen molar-refractivity contribution in [2.45, 2.75) is 45.1 Å². The van der Waals surface area contributed by atoms with Crippen LogP contribution in [-0.4, -0.2) is 25.4 Å². The molecule has 0 heterocycles. The van der Waals surface area contributed by atoms with Gasteiger partial charge in [0, 0.05) is 32.7 Å². The first kappa shape index (κ1) is 18.7. The third-order valence-electron chi connectivity index (χ3n) is 4.31. The molecule has 2 aromatic rings. The van der Waals surface area contributed by atoms with Crippen molar-refractivity contribution in [2.24, 2.45) is 0 Å². The smallest absolute Gasteiger partial charge is 0.0763 e. The number of rotatable bonds is 11. The van der Waals surface area contributed by atoms with Crippen LogP contribution in [0.5, 0.6) is 0 Å². The minimum atomic E-state index is -0.172. The number of ether oxygens (including phenoxy) is 2. The van der Waals surface area contributed by atoms with Gasteiger partial charge in [-0.25, -0.2) is 0 Å². The van der Waals surface area contributed by atoms with E-state index in [9.17, 15) is 0 Å². The van der Waals surface area contributed by atoms with E-state index in [4.69, 9.17) is 9.47 Å². The van der Waals surface area contributed by atoms with E-state index < -0.39 is 0 Å². The van der Waals surface area contributed by atoms with Gasteiger partial charge in [-0.1, -0.05) is 60.7 Å². The van der Waals surface area contributed by atoms with Gasteiger partial charge in [-0.15, -0.1) is 0 Å². The van der Waals surface area contributed by atoms with E-state index in [1.165, 1.54) is 11.1 Å². The van der Waals surface area contributed by atoms with Gasteiger partial charge in [-0.3, -0.25) is 0 Å². The van der Waals surface area contributed by atoms with Crippen molar-refractivity contribution in [3.63, 3.8) is 0 Å². The van der Waals surface area contributed by atoms with Gasteiger partial charge in [-0.05, 0) is 37.8 Å². The van der Waals surface area contributed by atoms with Crippen LogP contribution in [0.1, 0.15) is 37.8 Å². The highest BCUT2D eigenvalue weighted by Crippen LogP contribution is 2.28. The van der Waals surface area contributed by atoms with Crippen LogP contribution < -0.4 is 0 Å². The fourth-order valence-electron chi connectivity index (χ4n) is 3.30. The Morgan fingerprint density at radius 2 is 1.29 bits per heavy atom. The molecule has 0 amide bonds. The standard InChI is InChI=1S/C22H30O2/c1-3-23-17-11-16-22(24-4-2,18-20-12-7-5-8-13-20)19-21-14-9-6-10-15-21/h5-10,12-15H,3-4,11,16-19H2,1-2H3. The molecule has 2 aromatic carbocycles. The molecule has 0 aliphatic rings. The molecular formula is C22H30O2. The maximum atomic E-state index is 6.36. The third-order valence-corrected chi connectivity index (χ3v) is 4.31. The van der Waals surface area contributed by atoms with Crippen LogP contribution in [-0.2, 0) is 22.3 Å². The topological polar surface area (TPSA) is 18.5 Å². The van der Waals surface area contributed by atoms with Crippen molar-refractivity contribution in [1.82, 2.24) is 0 Å². The Hall–Kier alpha value is -1.64. The SMILES string of the molecule is CCOCCCC(Cc1ccccc1)(Cc1ccccc1)OCC. The first-order valence-electron chi connectivity index (χ1n) is 9.07. The van der Waals surface area contributed by atoms with Crippen LogP contribution >= 0.6 is 0 Å². The Morgan fingerprint density at radius 3 is 1.75 bits per heavy atom. The number of benzene rings is 2. The summed E-state index contributed by atoms with van der Waals surface area (Å²) in [6.45, 7) is 6.44. The average molecular weight is 326 g/mol. The van der Waals surface area contributed by atoms with E-state index in [0.29, 0.717) is 0 Å². The molecule has 0 fully saturated rings. The van der Waals surface area contributed by atoms with Crippen molar-refractivity contribution < 1.29 is 9.47 Å². The molecule has 0 unspecified atom stereocenters. The molecule has 0 spiro atoms. The largest absolute Gasteiger partial charge is 0.382 e. The van der Waals surface area contributed by atoms with Crippen LogP contribution in [0.25, 0.3) is 0 Å². The predicted molar refractivity (Wildman–Crippen MR) is 100 cm³/mol. The molecule has 24 heavy (non-hydrogen) atoms. The summed E-state index contributed by atoms with van der Waals surface area (Å²) in [5.41, 5.74) is 2.49. The van der Waals surface area contributed by atoms with Gasteiger partial charge in [0.25, 0.3) is 0 Å². The van der Waals surface area contributed by atoms with Crippen molar-refractivity contribution in [3.8, 4) is 0 Å². The minimum Gasteiger partial charge on any atom is -0.382 e.